The molecule has 0 bridgehead atoms. The van der Waals surface area contributed by atoms with Crippen molar-refractivity contribution in [2.45, 2.75) is 27.0 Å². The van der Waals surface area contributed by atoms with Crippen molar-refractivity contribution in [1.29, 1.82) is 0 Å². The summed E-state index contributed by atoms with van der Waals surface area (Å²) in [6, 6.07) is 9.68. The van der Waals surface area contributed by atoms with Crippen LogP contribution >= 0.6 is 11.6 Å². The van der Waals surface area contributed by atoms with Crippen LogP contribution in [0.4, 0.5) is 14.5 Å². The molecule has 0 radical (unpaired) electrons. The zero-order valence-corrected chi connectivity index (χ0v) is 19.2. The van der Waals surface area contributed by atoms with Crippen molar-refractivity contribution < 1.29 is 18.3 Å². The predicted molar refractivity (Wildman–Crippen MR) is 128 cm³/mol. The summed E-state index contributed by atoms with van der Waals surface area (Å²) in [6.07, 6.45) is 1.87. The molecule has 6 nitrogen and oxygen atoms in total. The Labute approximate surface area is 195 Å². The van der Waals surface area contributed by atoms with E-state index in [2.05, 4.69) is 15.0 Å². The average molecular weight is 473 g/mol. The molecule has 0 amide bonds. The first-order chi connectivity index (χ1) is 15.8. The number of para-hydroxylation sites is 1. The van der Waals surface area contributed by atoms with Gasteiger partial charge < -0.3 is 15.2 Å². The average Bonchev–Trinajstić information content (AvgIpc) is 2.79. The summed E-state index contributed by atoms with van der Waals surface area (Å²) in [5.41, 5.74) is 8.09. The van der Waals surface area contributed by atoms with Gasteiger partial charge in [-0.25, -0.2) is 13.8 Å². The lowest BCUT2D eigenvalue weighted by atomic mass is 10.1. The maximum absolute atomic E-state index is 14.0. The number of fused-ring (bicyclic) bond motifs is 1. The number of hydrogen-bond acceptors (Lipinski definition) is 6. The largest absolute Gasteiger partial charge is 0.487 e. The molecule has 0 aliphatic rings. The van der Waals surface area contributed by atoms with Crippen LogP contribution in [0.25, 0.3) is 10.9 Å². The van der Waals surface area contributed by atoms with Gasteiger partial charge in [0.05, 0.1) is 30.6 Å². The van der Waals surface area contributed by atoms with Gasteiger partial charge in [-0.3, -0.25) is 9.98 Å². The van der Waals surface area contributed by atoms with Gasteiger partial charge in [0.1, 0.15) is 23.7 Å². The Morgan fingerprint density at radius 2 is 2.06 bits per heavy atom. The second-order valence-electron chi connectivity index (χ2n) is 7.10. The molecular weight excluding hydrogens is 450 g/mol. The number of ether oxygens (including phenoxy) is 2. The fraction of sp³-hybridized carbons (Fsp3) is 0.208. The van der Waals surface area contributed by atoms with Crippen molar-refractivity contribution in [1.82, 2.24) is 4.98 Å². The Hall–Kier alpha value is -3.52. The molecule has 0 aliphatic heterocycles. The summed E-state index contributed by atoms with van der Waals surface area (Å²) in [4.78, 5) is 13.0. The summed E-state index contributed by atoms with van der Waals surface area (Å²) < 4.78 is 38.5. The Bertz CT molecular complexity index is 1260. The van der Waals surface area contributed by atoms with Crippen LogP contribution in [-0.2, 0) is 17.9 Å². The van der Waals surface area contributed by atoms with Gasteiger partial charge in [-0.1, -0.05) is 23.7 Å². The van der Waals surface area contributed by atoms with Crippen LogP contribution in [0.5, 0.6) is 5.75 Å². The van der Waals surface area contributed by atoms with Crippen molar-refractivity contribution in [2.75, 3.05) is 7.11 Å². The number of methoxy groups -OCH3 is 1. The van der Waals surface area contributed by atoms with Crippen molar-refractivity contribution in [2.24, 2.45) is 15.7 Å². The number of nitrogens with two attached hydrogens (primary N) is 1. The molecule has 0 saturated heterocycles. The molecule has 2 aromatic carbocycles. The lowest BCUT2D eigenvalue weighted by Crippen LogP contribution is -2.04. The molecule has 9 heteroatoms. The first-order valence-electron chi connectivity index (χ1n) is 9.98. The number of pyridine rings is 1. The van der Waals surface area contributed by atoms with E-state index in [0.29, 0.717) is 45.1 Å². The number of benzene rings is 2. The normalized spacial score (nSPS) is 12.5. The summed E-state index contributed by atoms with van der Waals surface area (Å²) in [5, 5.41) is 0.902. The monoisotopic (exact) mass is 472 g/mol. The van der Waals surface area contributed by atoms with Gasteiger partial charge in [-0.2, -0.15) is 0 Å². The zero-order chi connectivity index (χ0) is 24.0. The van der Waals surface area contributed by atoms with Gasteiger partial charge in [-0.05, 0) is 36.8 Å². The molecular formula is C24H23ClF2N4O2. The fourth-order valence-electron chi connectivity index (χ4n) is 3.10. The Morgan fingerprint density at radius 3 is 2.79 bits per heavy atom. The van der Waals surface area contributed by atoms with Crippen LogP contribution in [0.15, 0.2) is 58.4 Å². The summed E-state index contributed by atoms with van der Waals surface area (Å²) in [6.45, 7) is 3.75. The number of nitrogens with zero attached hydrogens (tertiary/aromatic N) is 3. The minimum atomic E-state index is -0.658. The quantitative estimate of drug-likeness (QED) is 0.340. The molecule has 3 rings (SSSR count). The summed E-state index contributed by atoms with van der Waals surface area (Å²) >= 11 is 6.32. The molecule has 3 aromatic rings. The van der Waals surface area contributed by atoms with Gasteiger partial charge in [0.2, 0.25) is 0 Å². The maximum Gasteiger partial charge on any atom is 0.179 e. The zero-order valence-electron chi connectivity index (χ0n) is 18.4. The van der Waals surface area contributed by atoms with E-state index < -0.39 is 11.6 Å². The molecule has 2 N–H and O–H groups in total. The topological polar surface area (TPSA) is 82.1 Å². The highest BCUT2D eigenvalue weighted by Crippen LogP contribution is 2.33. The second-order valence-corrected chi connectivity index (χ2v) is 7.51. The number of allylic oxidation sites excluding steroid dienone is 1. The molecule has 0 fully saturated rings. The molecule has 1 aromatic heterocycles. The van der Waals surface area contributed by atoms with E-state index in [4.69, 9.17) is 26.8 Å². The number of halogens is 3. The lowest BCUT2D eigenvalue weighted by molar-refractivity contribution is 0.308. The van der Waals surface area contributed by atoms with Crippen molar-refractivity contribution in [3.63, 3.8) is 0 Å². The molecule has 0 spiro atoms. The van der Waals surface area contributed by atoms with E-state index in [9.17, 15) is 8.78 Å². The van der Waals surface area contributed by atoms with Gasteiger partial charge in [0.15, 0.2) is 11.7 Å². The van der Waals surface area contributed by atoms with E-state index in [1.807, 2.05) is 6.07 Å². The molecule has 0 unspecified atom stereocenters. The van der Waals surface area contributed by atoms with E-state index in [-0.39, 0.29) is 18.2 Å². The highest BCUT2D eigenvalue weighted by molar-refractivity contribution is 6.31. The Kier molecular flexibility index (Phi) is 7.95. The standard InChI is InChI=1S/C24H23ClF2N4O2/c1-14-7-22(30-12-18(27)10-28)19-5-4-6-23(24(19)31-14)33-13-20-16(11-29-15(2)32-3)8-17(26)9-21(20)25/h4-10,12H,11,13,28H2,1-3H3. The Balaban J connectivity index is 1.97. The lowest BCUT2D eigenvalue weighted by Gasteiger charge is -2.14. The molecule has 0 saturated carbocycles. The predicted octanol–water partition coefficient (Wildman–Crippen LogP) is 5.95. The van der Waals surface area contributed by atoms with Crippen LogP contribution in [0.1, 0.15) is 23.7 Å². The fourth-order valence-corrected chi connectivity index (χ4v) is 3.38. The highest BCUT2D eigenvalue weighted by atomic mass is 35.5. The van der Waals surface area contributed by atoms with Crippen LogP contribution in [0.3, 0.4) is 0 Å². The summed E-state index contributed by atoms with van der Waals surface area (Å²) in [7, 11) is 1.51. The van der Waals surface area contributed by atoms with Crippen LogP contribution in [-0.4, -0.2) is 24.2 Å². The maximum atomic E-state index is 14.0. The minimum absolute atomic E-state index is 0.0634. The van der Waals surface area contributed by atoms with E-state index >= 15 is 0 Å². The minimum Gasteiger partial charge on any atom is -0.487 e. The first-order valence-corrected chi connectivity index (χ1v) is 10.4. The molecule has 1 heterocycles. The van der Waals surface area contributed by atoms with Gasteiger partial charge in [-0.15, -0.1) is 0 Å². The van der Waals surface area contributed by atoms with Crippen LogP contribution in [0, 0.1) is 12.7 Å². The first kappa shape index (κ1) is 24.1. The molecule has 0 atom stereocenters. The second kappa shape index (κ2) is 10.9. The van der Waals surface area contributed by atoms with Crippen molar-refractivity contribution >= 4 is 40.3 Å². The number of hydrogen-bond donors (Lipinski definition) is 1. The molecule has 33 heavy (non-hydrogen) atoms. The summed E-state index contributed by atoms with van der Waals surface area (Å²) in [5.74, 6) is -0.182. The van der Waals surface area contributed by atoms with Gasteiger partial charge in [0, 0.05) is 29.8 Å². The van der Waals surface area contributed by atoms with Crippen LogP contribution in [0.2, 0.25) is 5.02 Å². The molecule has 0 aliphatic carbocycles. The number of rotatable bonds is 7. The Morgan fingerprint density at radius 1 is 1.27 bits per heavy atom. The van der Waals surface area contributed by atoms with Gasteiger partial charge in [0.25, 0.3) is 0 Å². The SMILES string of the molecule is COC(C)=NCc1cc(F)cc(Cl)c1COc1cccc2c(N=CC(F)=CN)cc(C)nc12. The van der Waals surface area contributed by atoms with E-state index in [0.717, 1.165) is 12.4 Å². The smallest absolute Gasteiger partial charge is 0.179 e. The number of aromatic nitrogens is 1. The third kappa shape index (κ3) is 6.04. The van der Waals surface area contributed by atoms with Crippen molar-refractivity contribution in [3.8, 4) is 5.75 Å². The third-order valence-corrected chi connectivity index (χ3v) is 5.12. The third-order valence-electron chi connectivity index (χ3n) is 4.79. The van der Waals surface area contributed by atoms with E-state index in [1.54, 1.807) is 32.0 Å². The van der Waals surface area contributed by atoms with Crippen molar-refractivity contribution in [3.05, 3.63) is 76.1 Å². The van der Waals surface area contributed by atoms with E-state index in [1.165, 1.54) is 19.2 Å². The van der Waals surface area contributed by atoms with Crippen LogP contribution < -0.4 is 10.5 Å². The van der Waals surface area contributed by atoms with Gasteiger partial charge >= 0.3 is 0 Å². The molecule has 172 valence electrons. The number of aliphatic imine (C=N–C) groups is 2. The number of aryl methyl sites for hydroxylation is 1. The highest BCUT2D eigenvalue weighted by Gasteiger charge is 2.14.